The number of halogens is 4. The number of nitrogens with zero attached hydrogens (tertiary/aromatic N) is 2. The average Bonchev–Trinajstić information content (AvgIpc) is 3.11. The van der Waals surface area contributed by atoms with Crippen LogP contribution in [0.5, 0.6) is 0 Å². The molecule has 1 amide bonds. The van der Waals surface area contributed by atoms with Gasteiger partial charge in [-0.1, -0.05) is 49.9 Å². The second-order valence-corrected chi connectivity index (χ2v) is 11.3. The highest BCUT2D eigenvalue weighted by Crippen LogP contribution is 2.30. The van der Waals surface area contributed by atoms with Crippen LogP contribution < -0.4 is 10.0 Å². The van der Waals surface area contributed by atoms with E-state index in [1.54, 1.807) is 33.6 Å². The predicted molar refractivity (Wildman–Crippen MR) is 135 cm³/mol. The molecule has 0 unspecified atom stereocenters. The van der Waals surface area contributed by atoms with Crippen LogP contribution in [0.3, 0.4) is 0 Å². The number of benzene rings is 1. The monoisotopic (exact) mass is 578 g/mol. The lowest BCUT2D eigenvalue weighted by atomic mass is 9.84. The molecule has 3 N–H and O–H groups in total. The highest BCUT2D eigenvalue weighted by molar-refractivity contribution is 7.90. The van der Waals surface area contributed by atoms with Gasteiger partial charge in [0, 0.05) is 24.7 Å². The number of nitrogens with one attached hydrogen (secondary N) is 2. The molecule has 1 heterocycles. The van der Waals surface area contributed by atoms with Crippen LogP contribution in [-0.2, 0) is 39.0 Å². The van der Waals surface area contributed by atoms with Crippen molar-refractivity contribution in [1.82, 2.24) is 14.3 Å². The SMILES string of the molecule is CCCCc1nc(Cl)c(CC(=O)O)n1Cc1ccc(NC(=O)[C@@H]2CCCC[C@@H]2NS(=O)(=O)C(F)(F)F)cc1. The molecule has 0 saturated heterocycles. The van der Waals surface area contributed by atoms with E-state index in [-0.39, 0.29) is 24.4 Å². The van der Waals surface area contributed by atoms with E-state index in [9.17, 15) is 36.3 Å². The zero-order valence-corrected chi connectivity index (χ0v) is 22.3. The van der Waals surface area contributed by atoms with Crippen LogP contribution in [0.25, 0.3) is 0 Å². The van der Waals surface area contributed by atoms with Gasteiger partial charge in [0.15, 0.2) is 5.15 Å². The van der Waals surface area contributed by atoms with Gasteiger partial charge in [0.1, 0.15) is 5.82 Å². The number of carbonyl (C=O) groups excluding carboxylic acids is 1. The van der Waals surface area contributed by atoms with E-state index in [2.05, 4.69) is 10.3 Å². The normalized spacial score (nSPS) is 18.3. The van der Waals surface area contributed by atoms with E-state index >= 15 is 0 Å². The Hall–Kier alpha value is -2.64. The van der Waals surface area contributed by atoms with Gasteiger partial charge in [-0.25, -0.2) is 18.1 Å². The number of amides is 1. The van der Waals surface area contributed by atoms with E-state index in [1.807, 2.05) is 6.92 Å². The van der Waals surface area contributed by atoms with Crippen LogP contribution in [0, 0.1) is 5.92 Å². The number of alkyl halides is 3. The molecule has 0 radical (unpaired) electrons. The number of unbranched alkanes of at least 4 members (excludes halogenated alkanes) is 1. The lowest BCUT2D eigenvalue weighted by Crippen LogP contribution is -2.50. The number of hydrogen-bond acceptors (Lipinski definition) is 5. The Balaban J connectivity index is 1.73. The molecule has 1 aliphatic rings. The fourth-order valence-electron chi connectivity index (χ4n) is 4.49. The Morgan fingerprint density at radius 3 is 2.45 bits per heavy atom. The fourth-order valence-corrected chi connectivity index (χ4v) is 5.57. The van der Waals surface area contributed by atoms with Gasteiger partial charge in [-0.05, 0) is 37.0 Å². The topological polar surface area (TPSA) is 130 Å². The molecule has 210 valence electrons. The molecule has 2 aromatic rings. The summed E-state index contributed by atoms with van der Waals surface area (Å²) in [5, 5.41) is 12.1. The van der Waals surface area contributed by atoms with Crippen molar-refractivity contribution in [2.75, 3.05) is 5.32 Å². The highest BCUT2D eigenvalue weighted by Gasteiger charge is 2.48. The van der Waals surface area contributed by atoms with Gasteiger partial charge < -0.3 is 15.0 Å². The molecule has 1 fully saturated rings. The summed E-state index contributed by atoms with van der Waals surface area (Å²) in [5.74, 6) is -1.88. The number of aryl methyl sites for hydroxylation is 1. The maximum absolute atomic E-state index is 12.9. The minimum atomic E-state index is -5.57. The first kappa shape index (κ1) is 29.9. The summed E-state index contributed by atoms with van der Waals surface area (Å²) in [6.45, 7) is 2.33. The second-order valence-electron chi connectivity index (χ2n) is 9.28. The Morgan fingerprint density at radius 2 is 1.84 bits per heavy atom. The number of carbonyl (C=O) groups is 2. The van der Waals surface area contributed by atoms with Crippen molar-refractivity contribution < 1.29 is 36.3 Å². The maximum atomic E-state index is 12.9. The zero-order valence-electron chi connectivity index (χ0n) is 20.7. The van der Waals surface area contributed by atoms with Crippen LogP contribution in [0.15, 0.2) is 24.3 Å². The zero-order chi connectivity index (χ0) is 28.1. The number of rotatable bonds is 11. The standard InChI is InChI=1S/C24H30ClF3N4O5S/c1-2-3-8-20-30-22(25)19(13-21(33)34)32(20)14-15-9-11-16(12-10-15)29-23(35)17-6-4-5-7-18(17)31-38(36,37)24(26,27)28/h9-12,17-18,31H,2-8,13-14H2,1H3,(H,29,35)(H,33,34)/t17-,18+/m1/s1. The molecule has 14 heteroatoms. The highest BCUT2D eigenvalue weighted by atomic mass is 35.5. The largest absolute Gasteiger partial charge is 0.511 e. The van der Waals surface area contributed by atoms with Gasteiger partial charge >= 0.3 is 21.5 Å². The molecule has 3 rings (SSSR count). The molecule has 1 aromatic heterocycles. The lowest BCUT2D eigenvalue weighted by molar-refractivity contribution is -0.136. The van der Waals surface area contributed by atoms with Crippen molar-refractivity contribution >= 4 is 39.2 Å². The summed E-state index contributed by atoms with van der Waals surface area (Å²) in [6.07, 6.45) is 3.60. The van der Waals surface area contributed by atoms with Gasteiger partial charge in [-0.3, -0.25) is 9.59 Å². The van der Waals surface area contributed by atoms with Crippen molar-refractivity contribution in [3.05, 3.63) is 46.5 Å². The quantitative estimate of drug-likeness (QED) is 0.360. The number of carboxylic acids is 1. The number of carboxylic acid groups (broad SMARTS) is 1. The van der Waals surface area contributed by atoms with Crippen molar-refractivity contribution in [2.24, 2.45) is 5.92 Å². The summed E-state index contributed by atoms with van der Waals surface area (Å²) in [5.41, 5.74) is -3.88. The minimum Gasteiger partial charge on any atom is -0.481 e. The van der Waals surface area contributed by atoms with Crippen LogP contribution in [0.1, 0.15) is 62.5 Å². The van der Waals surface area contributed by atoms with Crippen LogP contribution in [0.2, 0.25) is 5.15 Å². The molecule has 1 aliphatic carbocycles. The first-order chi connectivity index (χ1) is 17.8. The molecule has 1 aromatic carbocycles. The maximum Gasteiger partial charge on any atom is 0.511 e. The van der Waals surface area contributed by atoms with Crippen molar-refractivity contribution in [3.8, 4) is 0 Å². The number of aliphatic carboxylic acids is 1. The smallest absolute Gasteiger partial charge is 0.481 e. The van der Waals surface area contributed by atoms with Crippen LogP contribution in [-0.4, -0.2) is 46.5 Å². The number of anilines is 1. The van der Waals surface area contributed by atoms with Crippen molar-refractivity contribution in [2.45, 2.75) is 76.4 Å². The summed E-state index contributed by atoms with van der Waals surface area (Å²) >= 11 is 6.22. The third kappa shape index (κ3) is 7.48. The Labute approximate surface area is 223 Å². The summed E-state index contributed by atoms with van der Waals surface area (Å²) in [4.78, 5) is 28.6. The van der Waals surface area contributed by atoms with Gasteiger partial charge in [0.25, 0.3) is 0 Å². The summed E-state index contributed by atoms with van der Waals surface area (Å²) in [7, 11) is -5.57. The van der Waals surface area contributed by atoms with Gasteiger partial charge in [0.05, 0.1) is 18.0 Å². The summed E-state index contributed by atoms with van der Waals surface area (Å²) < 4.78 is 65.1. The van der Waals surface area contributed by atoms with Gasteiger partial charge in [-0.15, -0.1) is 0 Å². The molecular formula is C24H30ClF3N4O5S. The van der Waals surface area contributed by atoms with E-state index in [0.717, 1.165) is 18.4 Å². The molecule has 2 atom stereocenters. The second kappa shape index (κ2) is 12.5. The molecular weight excluding hydrogens is 549 g/mol. The average molecular weight is 579 g/mol. The van der Waals surface area contributed by atoms with E-state index in [4.69, 9.17) is 11.6 Å². The number of sulfonamides is 1. The predicted octanol–water partition coefficient (Wildman–Crippen LogP) is 4.49. The van der Waals surface area contributed by atoms with Gasteiger partial charge in [-0.2, -0.15) is 13.2 Å². The number of imidazole rings is 1. The molecule has 0 bridgehead atoms. The Kier molecular flexibility index (Phi) is 9.82. The third-order valence-electron chi connectivity index (χ3n) is 6.45. The Bertz CT molecular complexity index is 1250. The molecule has 38 heavy (non-hydrogen) atoms. The third-order valence-corrected chi connectivity index (χ3v) is 7.98. The van der Waals surface area contributed by atoms with Gasteiger partial charge in [0.2, 0.25) is 5.91 Å². The lowest BCUT2D eigenvalue weighted by Gasteiger charge is -2.31. The number of aromatic nitrogens is 2. The first-order valence-electron chi connectivity index (χ1n) is 12.3. The Morgan fingerprint density at radius 1 is 1.18 bits per heavy atom. The van der Waals surface area contributed by atoms with Crippen molar-refractivity contribution in [3.63, 3.8) is 0 Å². The first-order valence-corrected chi connectivity index (χ1v) is 14.1. The molecule has 0 aliphatic heterocycles. The molecule has 9 nitrogen and oxygen atoms in total. The van der Waals surface area contributed by atoms with E-state index < -0.39 is 39.4 Å². The van der Waals surface area contributed by atoms with E-state index in [1.165, 1.54) is 0 Å². The van der Waals surface area contributed by atoms with Crippen LogP contribution >= 0.6 is 11.6 Å². The summed E-state index contributed by atoms with van der Waals surface area (Å²) in [6, 6.07) is 5.53. The van der Waals surface area contributed by atoms with E-state index in [0.29, 0.717) is 43.0 Å². The molecule has 0 spiro atoms. The fraction of sp³-hybridized carbons (Fsp3) is 0.542. The van der Waals surface area contributed by atoms with Crippen LogP contribution in [0.4, 0.5) is 18.9 Å². The van der Waals surface area contributed by atoms with Crippen molar-refractivity contribution in [1.29, 1.82) is 0 Å². The minimum absolute atomic E-state index is 0.124. The number of hydrogen-bond donors (Lipinski definition) is 3. The molecule has 1 saturated carbocycles.